The summed E-state index contributed by atoms with van der Waals surface area (Å²) in [5.74, 6) is 0.0434. The van der Waals surface area contributed by atoms with Crippen molar-refractivity contribution in [1.82, 2.24) is 10.3 Å². The first kappa shape index (κ1) is 15.0. The maximum atomic E-state index is 12.1. The molecule has 1 atom stereocenters. The topological polar surface area (TPSA) is 68.0 Å². The van der Waals surface area contributed by atoms with Gasteiger partial charge in [-0.3, -0.25) is 9.78 Å². The first-order valence-electron chi connectivity index (χ1n) is 7.23. The Hall–Kier alpha value is -2.36. The van der Waals surface area contributed by atoms with Crippen LogP contribution in [0.3, 0.4) is 0 Å². The number of nitrogens with one attached hydrogen (secondary N) is 1. The molecule has 3 N–H and O–H groups in total. The second-order valence-corrected chi connectivity index (χ2v) is 5.01. The minimum Gasteiger partial charge on any atom is -0.399 e. The fourth-order valence-electron chi connectivity index (χ4n) is 2.29. The van der Waals surface area contributed by atoms with E-state index in [-0.39, 0.29) is 11.9 Å². The van der Waals surface area contributed by atoms with E-state index in [1.165, 1.54) is 0 Å². The average molecular weight is 283 g/mol. The van der Waals surface area contributed by atoms with Crippen LogP contribution in [0.5, 0.6) is 0 Å². The van der Waals surface area contributed by atoms with Gasteiger partial charge in [0.1, 0.15) is 0 Å². The monoisotopic (exact) mass is 283 g/mol. The molecule has 2 aromatic rings. The van der Waals surface area contributed by atoms with Crippen molar-refractivity contribution in [1.29, 1.82) is 0 Å². The van der Waals surface area contributed by atoms with E-state index in [4.69, 9.17) is 5.73 Å². The smallest absolute Gasteiger partial charge is 0.220 e. The lowest BCUT2D eigenvalue weighted by molar-refractivity contribution is -0.121. The highest BCUT2D eigenvalue weighted by Crippen LogP contribution is 2.16. The van der Waals surface area contributed by atoms with Crippen molar-refractivity contribution in [2.75, 3.05) is 5.73 Å². The molecule has 21 heavy (non-hydrogen) atoms. The summed E-state index contributed by atoms with van der Waals surface area (Å²) in [6.45, 7) is 2.06. The number of para-hydroxylation sites is 1. The van der Waals surface area contributed by atoms with E-state index in [9.17, 15) is 4.79 Å². The van der Waals surface area contributed by atoms with Crippen molar-refractivity contribution in [2.45, 2.75) is 32.2 Å². The highest BCUT2D eigenvalue weighted by Gasteiger charge is 2.12. The maximum Gasteiger partial charge on any atom is 0.220 e. The van der Waals surface area contributed by atoms with Crippen LogP contribution in [0.15, 0.2) is 48.8 Å². The number of hydrogen-bond acceptors (Lipinski definition) is 3. The second kappa shape index (κ2) is 7.43. The zero-order valence-electron chi connectivity index (χ0n) is 12.3. The van der Waals surface area contributed by atoms with Gasteiger partial charge in [-0.25, -0.2) is 0 Å². The van der Waals surface area contributed by atoms with Gasteiger partial charge >= 0.3 is 0 Å². The number of nitrogens with two attached hydrogens (primary N) is 1. The van der Waals surface area contributed by atoms with Gasteiger partial charge in [-0.05, 0) is 42.2 Å². The molecule has 1 aromatic heterocycles. The SMILES string of the molecule is CCC(NC(=O)CCc1ccccc1N)c1ccncc1. The molecule has 0 fully saturated rings. The van der Waals surface area contributed by atoms with Gasteiger partial charge in [0.25, 0.3) is 0 Å². The highest BCUT2D eigenvalue weighted by atomic mass is 16.1. The van der Waals surface area contributed by atoms with Crippen molar-refractivity contribution >= 4 is 11.6 Å². The van der Waals surface area contributed by atoms with Crippen molar-refractivity contribution in [3.05, 3.63) is 59.9 Å². The fourth-order valence-corrected chi connectivity index (χ4v) is 2.29. The van der Waals surface area contributed by atoms with Gasteiger partial charge in [0.05, 0.1) is 6.04 Å². The summed E-state index contributed by atoms with van der Waals surface area (Å²) in [4.78, 5) is 16.1. The third kappa shape index (κ3) is 4.31. The molecule has 1 unspecified atom stereocenters. The standard InChI is InChI=1S/C17H21N3O/c1-2-16(14-9-11-19-12-10-14)20-17(21)8-7-13-5-3-4-6-15(13)18/h3-6,9-12,16H,2,7-8,18H2,1H3,(H,20,21). The average Bonchev–Trinajstić information content (AvgIpc) is 2.52. The van der Waals surface area contributed by atoms with E-state index in [0.29, 0.717) is 12.8 Å². The molecular formula is C17H21N3O. The Morgan fingerprint density at radius 1 is 1.24 bits per heavy atom. The molecule has 0 radical (unpaired) electrons. The number of pyridine rings is 1. The normalized spacial score (nSPS) is 11.9. The zero-order chi connectivity index (χ0) is 15.1. The molecule has 2 rings (SSSR count). The minimum absolute atomic E-state index is 0.0358. The Morgan fingerprint density at radius 3 is 2.62 bits per heavy atom. The summed E-state index contributed by atoms with van der Waals surface area (Å²) in [6, 6.07) is 11.6. The highest BCUT2D eigenvalue weighted by molar-refractivity contribution is 5.77. The largest absolute Gasteiger partial charge is 0.399 e. The number of aryl methyl sites for hydroxylation is 1. The fraction of sp³-hybridized carbons (Fsp3) is 0.294. The molecule has 0 bridgehead atoms. The summed E-state index contributed by atoms with van der Waals surface area (Å²) in [6.07, 6.45) is 5.44. The number of rotatable bonds is 6. The number of nitrogen functional groups attached to an aromatic ring is 1. The lowest BCUT2D eigenvalue weighted by Gasteiger charge is -2.17. The van der Waals surface area contributed by atoms with Crippen LogP contribution in [0.25, 0.3) is 0 Å². The third-order valence-electron chi connectivity index (χ3n) is 3.53. The lowest BCUT2D eigenvalue weighted by atomic mass is 10.0. The van der Waals surface area contributed by atoms with Crippen LogP contribution in [0.1, 0.15) is 36.9 Å². The van der Waals surface area contributed by atoms with E-state index in [2.05, 4.69) is 17.2 Å². The maximum absolute atomic E-state index is 12.1. The van der Waals surface area contributed by atoms with Gasteiger partial charge < -0.3 is 11.1 Å². The van der Waals surface area contributed by atoms with E-state index >= 15 is 0 Å². The van der Waals surface area contributed by atoms with Crippen LogP contribution in [-0.2, 0) is 11.2 Å². The number of benzene rings is 1. The molecule has 4 heteroatoms. The van der Waals surface area contributed by atoms with Gasteiger partial charge in [0.2, 0.25) is 5.91 Å². The predicted molar refractivity (Wildman–Crippen MR) is 84.6 cm³/mol. The number of nitrogens with zero attached hydrogens (tertiary/aromatic N) is 1. The second-order valence-electron chi connectivity index (χ2n) is 5.01. The molecule has 0 spiro atoms. The summed E-state index contributed by atoms with van der Waals surface area (Å²) < 4.78 is 0. The van der Waals surface area contributed by atoms with E-state index in [1.54, 1.807) is 12.4 Å². The molecule has 4 nitrogen and oxygen atoms in total. The van der Waals surface area contributed by atoms with Gasteiger partial charge in [-0.15, -0.1) is 0 Å². The van der Waals surface area contributed by atoms with Crippen LogP contribution in [0, 0.1) is 0 Å². The summed E-state index contributed by atoms with van der Waals surface area (Å²) in [5.41, 5.74) is 8.73. The number of carbonyl (C=O) groups excluding carboxylic acids is 1. The predicted octanol–water partition coefficient (Wildman–Crippen LogP) is 2.86. The van der Waals surface area contributed by atoms with E-state index in [0.717, 1.165) is 23.2 Å². The Bertz CT molecular complexity index is 584. The Morgan fingerprint density at radius 2 is 1.95 bits per heavy atom. The molecule has 1 heterocycles. The van der Waals surface area contributed by atoms with Crippen LogP contribution in [0.4, 0.5) is 5.69 Å². The molecule has 0 aliphatic rings. The van der Waals surface area contributed by atoms with Crippen molar-refractivity contribution in [3.8, 4) is 0 Å². The Labute approximate surface area is 125 Å². The molecule has 0 aliphatic heterocycles. The number of carbonyl (C=O) groups is 1. The minimum atomic E-state index is 0.0358. The molecule has 0 aliphatic carbocycles. The van der Waals surface area contributed by atoms with Crippen molar-refractivity contribution < 1.29 is 4.79 Å². The van der Waals surface area contributed by atoms with Gasteiger partial charge in [-0.2, -0.15) is 0 Å². The Balaban J connectivity index is 1.90. The number of hydrogen-bond donors (Lipinski definition) is 2. The van der Waals surface area contributed by atoms with Crippen LogP contribution in [0.2, 0.25) is 0 Å². The van der Waals surface area contributed by atoms with Gasteiger partial charge in [0, 0.05) is 24.5 Å². The van der Waals surface area contributed by atoms with E-state index < -0.39 is 0 Å². The summed E-state index contributed by atoms with van der Waals surface area (Å²) in [7, 11) is 0. The number of anilines is 1. The molecule has 1 aromatic carbocycles. The first-order valence-corrected chi connectivity index (χ1v) is 7.23. The third-order valence-corrected chi connectivity index (χ3v) is 3.53. The number of aromatic nitrogens is 1. The molecular weight excluding hydrogens is 262 g/mol. The van der Waals surface area contributed by atoms with Gasteiger partial charge in [0.15, 0.2) is 0 Å². The zero-order valence-corrected chi connectivity index (χ0v) is 12.3. The lowest BCUT2D eigenvalue weighted by Crippen LogP contribution is -2.28. The summed E-state index contributed by atoms with van der Waals surface area (Å²) >= 11 is 0. The first-order chi connectivity index (χ1) is 10.2. The molecule has 0 saturated carbocycles. The van der Waals surface area contributed by atoms with Crippen LogP contribution < -0.4 is 11.1 Å². The van der Waals surface area contributed by atoms with Crippen molar-refractivity contribution in [2.24, 2.45) is 0 Å². The van der Waals surface area contributed by atoms with Crippen molar-refractivity contribution in [3.63, 3.8) is 0 Å². The van der Waals surface area contributed by atoms with Crippen LogP contribution >= 0.6 is 0 Å². The van der Waals surface area contributed by atoms with Crippen LogP contribution in [-0.4, -0.2) is 10.9 Å². The molecule has 1 amide bonds. The quantitative estimate of drug-likeness (QED) is 0.801. The van der Waals surface area contributed by atoms with Gasteiger partial charge in [-0.1, -0.05) is 25.1 Å². The number of amides is 1. The molecule has 110 valence electrons. The molecule has 0 saturated heterocycles. The van der Waals surface area contributed by atoms with E-state index in [1.807, 2.05) is 36.4 Å². The Kier molecular flexibility index (Phi) is 5.32. The summed E-state index contributed by atoms with van der Waals surface area (Å²) in [5, 5.41) is 3.07.